The number of nitrogens with zero attached hydrogens (tertiary/aromatic N) is 1. The van der Waals surface area contributed by atoms with E-state index in [0.717, 1.165) is 0 Å². The summed E-state index contributed by atoms with van der Waals surface area (Å²) in [6.45, 7) is 0.244. The van der Waals surface area contributed by atoms with Crippen LogP contribution in [-0.2, 0) is 18.6 Å². The molecule has 0 saturated heterocycles. The summed E-state index contributed by atoms with van der Waals surface area (Å²) >= 11 is 5.77. The highest BCUT2D eigenvalue weighted by Crippen LogP contribution is 2.07. The van der Waals surface area contributed by atoms with Crippen molar-refractivity contribution in [3.8, 4) is 0 Å². The minimum atomic E-state index is -3.57. The van der Waals surface area contributed by atoms with Gasteiger partial charge in [-0.3, -0.25) is 4.79 Å². The van der Waals surface area contributed by atoms with E-state index >= 15 is 0 Å². The Kier molecular flexibility index (Phi) is 8.43. The molecular weight excluding hydrogens is 303 g/mol. The molecule has 0 aliphatic carbocycles. The second-order valence-corrected chi connectivity index (χ2v) is 6.10. The summed E-state index contributed by atoms with van der Waals surface area (Å²) in [7, 11) is 2.97. The van der Waals surface area contributed by atoms with E-state index in [2.05, 4.69) is 15.3 Å². The van der Waals surface area contributed by atoms with Crippen molar-refractivity contribution < 1.29 is 17.9 Å². The normalized spacial score (nSPS) is 13.7. The van der Waals surface area contributed by atoms with Gasteiger partial charge in [0.1, 0.15) is 0 Å². The van der Waals surface area contributed by atoms with Crippen molar-refractivity contribution >= 4 is 43.7 Å². The predicted octanol–water partition coefficient (Wildman–Crippen LogP) is 1.33. The van der Waals surface area contributed by atoms with E-state index in [1.54, 1.807) is 7.05 Å². The molecule has 0 rings (SSSR count). The van der Waals surface area contributed by atoms with Crippen LogP contribution in [0.4, 0.5) is 0 Å². The molecule has 0 heterocycles. The molecule has 18 heavy (non-hydrogen) atoms. The third kappa shape index (κ3) is 10.1. The minimum Gasteiger partial charge on any atom is -0.412 e. The maximum Gasteiger partial charge on any atom is 0.299 e. The summed E-state index contributed by atoms with van der Waals surface area (Å²) in [5.74, 6) is -0.190. The van der Waals surface area contributed by atoms with Crippen LogP contribution in [0, 0.1) is 0 Å². The molecule has 0 radical (unpaired) electrons. The van der Waals surface area contributed by atoms with Crippen LogP contribution in [0.3, 0.4) is 0 Å². The van der Waals surface area contributed by atoms with Gasteiger partial charge in [-0.25, -0.2) is 8.42 Å². The molecule has 1 N–H and O–H groups in total. The zero-order valence-corrected chi connectivity index (χ0v) is 11.8. The Morgan fingerprint density at radius 2 is 2.17 bits per heavy atom. The van der Waals surface area contributed by atoms with Crippen LogP contribution in [-0.4, -0.2) is 33.6 Å². The van der Waals surface area contributed by atoms with Crippen LogP contribution in [0.25, 0.3) is 0 Å². The topological polar surface area (TPSA) is 84.8 Å². The summed E-state index contributed by atoms with van der Waals surface area (Å²) in [5.41, 5.74) is 2.46. The summed E-state index contributed by atoms with van der Waals surface area (Å²) in [6, 6.07) is 0. The predicted molar refractivity (Wildman–Crippen MR) is 71.0 cm³/mol. The Hall–Kier alpha value is -1.05. The molecule has 6 nitrogen and oxygen atoms in total. The van der Waals surface area contributed by atoms with Gasteiger partial charge in [-0.15, -0.1) is 5.10 Å². The monoisotopic (exact) mass is 314 g/mol. The third-order valence-corrected chi connectivity index (χ3v) is 2.71. The first-order valence-electron chi connectivity index (χ1n) is 4.67. The highest BCUT2D eigenvalue weighted by Gasteiger charge is 2.01. The van der Waals surface area contributed by atoms with E-state index in [-0.39, 0.29) is 29.6 Å². The molecule has 0 saturated carbocycles. The molecule has 0 unspecified atom stereocenters. The first kappa shape index (κ1) is 16.9. The fraction of sp³-hybridized carbons (Fsp3) is 0.333. The van der Waals surface area contributed by atoms with Gasteiger partial charge in [0.15, 0.2) is 0 Å². The lowest BCUT2D eigenvalue weighted by Crippen LogP contribution is -2.08. The van der Waals surface area contributed by atoms with E-state index in [4.69, 9.17) is 22.3 Å². The van der Waals surface area contributed by atoms with Crippen molar-refractivity contribution in [2.75, 3.05) is 12.8 Å². The Morgan fingerprint density at radius 1 is 1.50 bits per heavy atom. The van der Waals surface area contributed by atoms with Gasteiger partial charge >= 0.3 is 0 Å². The van der Waals surface area contributed by atoms with Crippen molar-refractivity contribution in [2.24, 2.45) is 5.10 Å². The second kappa shape index (κ2) is 8.96. The number of allylic oxidation sites excluding steroid dienone is 2. The fourth-order valence-corrected chi connectivity index (χ4v) is 1.54. The Bertz CT molecular complexity index is 457. The number of ether oxygens (including phenoxy) is 1. The average molecular weight is 315 g/mol. The van der Waals surface area contributed by atoms with Crippen molar-refractivity contribution in [3.63, 3.8) is 0 Å². The van der Waals surface area contributed by atoms with Gasteiger partial charge in [0.25, 0.3) is 6.47 Å². The van der Waals surface area contributed by atoms with E-state index in [1.807, 2.05) is 0 Å². The Balaban J connectivity index is 4.41. The summed E-state index contributed by atoms with van der Waals surface area (Å²) in [6.07, 6.45) is 4.35. The standard InChI is InChI=1S/C9H12Cl2N2O4S/c1-12-13-9(17-7-14)5-4-8(10)3-2-6-18(11,15)16/h2-4,7,12H,5-6H2,1H3/b3-2-,8-4+,13-9-. The highest BCUT2D eigenvalue weighted by atomic mass is 35.7. The van der Waals surface area contributed by atoms with Crippen molar-refractivity contribution in [1.29, 1.82) is 0 Å². The number of carbonyl (C=O) groups is 1. The Labute approximate surface area is 115 Å². The molecular formula is C9H12Cl2N2O4S. The number of hydrazone groups is 1. The maximum atomic E-state index is 10.6. The van der Waals surface area contributed by atoms with Gasteiger partial charge in [-0.2, -0.15) is 0 Å². The zero-order valence-electron chi connectivity index (χ0n) is 9.47. The SMILES string of the molecule is CN/N=C(/C/C=C(Cl)\C=C/CS(=O)(=O)Cl)OC=O. The number of rotatable bonds is 7. The summed E-state index contributed by atoms with van der Waals surface area (Å²) < 4.78 is 25.8. The average Bonchev–Trinajstić information content (AvgIpc) is 2.25. The molecule has 0 bridgehead atoms. The Morgan fingerprint density at radius 3 is 2.67 bits per heavy atom. The van der Waals surface area contributed by atoms with E-state index in [0.29, 0.717) is 0 Å². The lowest BCUT2D eigenvalue weighted by molar-refractivity contribution is -0.121. The second-order valence-electron chi connectivity index (χ2n) is 2.84. The summed E-state index contributed by atoms with van der Waals surface area (Å²) in [5, 5.41) is 3.95. The number of carbonyl (C=O) groups excluding carboxylic acids is 1. The molecule has 0 aliphatic rings. The number of hydrogen-bond donors (Lipinski definition) is 1. The molecule has 0 amide bonds. The lowest BCUT2D eigenvalue weighted by atomic mass is 10.3. The highest BCUT2D eigenvalue weighted by molar-refractivity contribution is 8.13. The molecule has 0 fully saturated rings. The molecule has 0 spiro atoms. The zero-order chi connectivity index (χ0) is 14.0. The molecule has 0 aromatic carbocycles. The van der Waals surface area contributed by atoms with Gasteiger partial charge in [-0.05, 0) is 6.08 Å². The van der Waals surface area contributed by atoms with E-state index < -0.39 is 9.05 Å². The maximum absolute atomic E-state index is 10.6. The van der Waals surface area contributed by atoms with Crippen LogP contribution in [0.15, 0.2) is 28.4 Å². The van der Waals surface area contributed by atoms with Crippen molar-refractivity contribution in [3.05, 3.63) is 23.3 Å². The van der Waals surface area contributed by atoms with Crippen LogP contribution in [0.5, 0.6) is 0 Å². The molecule has 0 aromatic rings. The van der Waals surface area contributed by atoms with Crippen LogP contribution < -0.4 is 5.43 Å². The lowest BCUT2D eigenvalue weighted by Gasteiger charge is -1.99. The smallest absolute Gasteiger partial charge is 0.299 e. The van der Waals surface area contributed by atoms with Crippen molar-refractivity contribution in [2.45, 2.75) is 6.42 Å². The summed E-state index contributed by atoms with van der Waals surface area (Å²) in [4.78, 5) is 10.1. The van der Waals surface area contributed by atoms with Gasteiger partial charge in [0.2, 0.25) is 14.9 Å². The third-order valence-electron chi connectivity index (χ3n) is 1.46. The quantitative estimate of drug-likeness (QED) is 0.191. The van der Waals surface area contributed by atoms with Gasteiger partial charge < -0.3 is 10.2 Å². The number of halogens is 2. The first-order valence-corrected chi connectivity index (χ1v) is 7.53. The van der Waals surface area contributed by atoms with Gasteiger partial charge in [-0.1, -0.05) is 23.8 Å². The molecule has 0 aromatic heterocycles. The van der Waals surface area contributed by atoms with Gasteiger partial charge in [0, 0.05) is 29.2 Å². The van der Waals surface area contributed by atoms with Gasteiger partial charge in [0.05, 0.1) is 5.75 Å². The fourth-order valence-electron chi connectivity index (χ4n) is 0.829. The molecule has 9 heteroatoms. The largest absolute Gasteiger partial charge is 0.412 e. The van der Waals surface area contributed by atoms with Crippen molar-refractivity contribution in [1.82, 2.24) is 5.43 Å². The number of nitrogens with one attached hydrogen (secondary N) is 1. The van der Waals surface area contributed by atoms with Crippen LogP contribution in [0.1, 0.15) is 6.42 Å². The number of hydrogen-bond acceptors (Lipinski definition) is 6. The first-order chi connectivity index (χ1) is 8.39. The van der Waals surface area contributed by atoms with E-state index in [1.165, 1.54) is 18.2 Å². The minimum absolute atomic E-state index is 0.129. The molecule has 0 atom stereocenters. The van der Waals surface area contributed by atoms with Crippen LogP contribution in [0.2, 0.25) is 0 Å². The van der Waals surface area contributed by atoms with E-state index in [9.17, 15) is 13.2 Å². The van der Waals surface area contributed by atoms with Crippen LogP contribution >= 0.6 is 22.3 Å². The molecule has 0 aliphatic heterocycles. The molecule has 102 valence electrons.